The molecule has 1 aromatic rings. The maximum absolute atomic E-state index is 12.4. The fraction of sp³-hybridized carbons (Fsp3) is 0.562. The van der Waals surface area contributed by atoms with Gasteiger partial charge in [0.1, 0.15) is 0 Å². The van der Waals surface area contributed by atoms with Crippen LogP contribution >= 0.6 is 0 Å². The Hall–Kier alpha value is -1.59. The highest BCUT2D eigenvalue weighted by Gasteiger charge is 2.27. The van der Waals surface area contributed by atoms with E-state index < -0.39 is 0 Å². The minimum atomic E-state index is -0.169. The third-order valence-electron chi connectivity index (χ3n) is 4.47. The van der Waals surface area contributed by atoms with Gasteiger partial charge in [-0.2, -0.15) is 0 Å². The molecule has 1 atom stereocenters. The number of carbonyl (C=O) groups excluding carboxylic acids is 1. The molecule has 1 fully saturated rings. The number of carbonyl (C=O) groups is 1. The highest BCUT2D eigenvalue weighted by molar-refractivity contribution is 5.97. The van der Waals surface area contributed by atoms with E-state index in [9.17, 15) is 4.79 Å². The van der Waals surface area contributed by atoms with E-state index in [1.54, 1.807) is 6.07 Å². The van der Waals surface area contributed by atoms with Crippen LogP contribution in [0.1, 0.15) is 19.8 Å². The van der Waals surface area contributed by atoms with Crippen molar-refractivity contribution in [2.24, 2.45) is 0 Å². The van der Waals surface area contributed by atoms with Crippen LogP contribution in [0.15, 0.2) is 24.3 Å². The van der Waals surface area contributed by atoms with Gasteiger partial charge in [-0.3, -0.25) is 9.69 Å². The molecule has 21 heavy (non-hydrogen) atoms. The number of nitrogens with one attached hydrogen (secondary N) is 1. The van der Waals surface area contributed by atoms with Crippen LogP contribution in [0.5, 0.6) is 0 Å². The first-order valence-corrected chi connectivity index (χ1v) is 7.55. The van der Waals surface area contributed by atoms with Gasteiger partial charge in [-0.05, 0) is 59.1 Å². The summed E-state index contributed by atoms with van der Waals surface area (Å²) in [7, 11) is 4.18. The predicted molar refractivity (Wildman–Crippen MR) is 87.2 cm³/mol. The first-order valence-electron chi connectivity index (χ1n) is 7.55. The lowest BCUT2D eigenvalue weighted by Crippen LogP contribution is -2.49. The van der Waals surface area contributed by atoms with Crippen molar-refractivity contribution < 1.29 is 4.79 Å². The molecular weight excluding hydrogens is 264 g/mol. The quantitative estimate of drug-likeness (QED) is 0.827. The minimum absolute atomic E-state index is 0.00525. The smallest absolute Gasteiger partial charge is 0.241 e. The van der Waals surface area contributed by atoms with Gasteiger partial charge in [0, 0.05) is 6.04 Å². The van der Waals surface area contributed by atoms with Crippen molar-refractivity contribution >= 4 is 17.3 Å². The van der Waals surface area contributed by atoms with E-state index in [0.717, 1.165) is 25.9 Å². The van der Waals surface area contributed by atoms with Crippen molar-refractivity contribution in [2.75, 3.05) is 38.2 Å². The van der Waals surface area contributed by atoms with Crippen LogP contribution in [-0.2, 0) is 4.79 Å². The van der Waals surface area contributed by atoms with Crippen molar-refractivity contribution in [3.05, 3.63) is 24.3 Å². The largest absolute Gasteiger partial charge is 0.397 e. The number of anilines is 2. The number of nitrogens with two attached hydrogens (primary N) is 1. The zero-order valence-corrected chi connectivity index (χ0v) is 13.2. The third kappa shape index (κ3) is 3.95. The summed E-state index contributed by atoms with van der Waals surface area (Å²) in [5, 5.41) is 2.92. The van der Waals surface area contributed by atoms with E-state index in [4.69, 9.17) is 5.73 Å². The Labute approximate surface area is 127 Å². The molecule has 1 aliphatic heterocycles. The molecule has 5 heteroatoms. The maximum Gasteiger partial charge on any atom is 0.241 e. The maximum atomic E-state index is 12.4. The molecule has 0 saturated carbocycles. The number of para-hydroxylation sites is 2. The van der Waals surface area contributed by atoms with Crippen molar-refractivity contribution in [2.45, 2.75) is 31.8 Å². The molecule has 2 rings (SSSR count). The van der Waals surface area contributed by atoms with Crippen LogP contribution in [0.3, 0.4) is 0 Å². The van der Waals surface area contributed by atoms with Crippen molar-refractivity contribution in [1.29, 1.82) is 0 Å². The summed E-state index contributed by atoms with van der Waals surface area (Å²) in [5.41, 5.74) is 7.15. The van der Waals surface area contributed by atoms with Gasteiger partial charge >= 0.3 is 0 Å². The fourth-order valence-electron chi connectivity index (χ4n) is 2.75. The van der Waals surface area contributed by atoms with Crippen LogP contribution < -0.4 is 11.1 Å². The minimum Gasteiger partial charge on any atom is -0.397 e. The summed E-state index contributed by atoms with van der Waals surface area (Å²) in [6.07, 6.45) is 2.22. The molecule has 1 aromatic carbocycles. The summed E-state index contributed by atoms with van der Waals surface area (Å²) in [6, 6.07) is 7.65. The van der Waals surface area contributed by atoms with Gasteiger partial charge in [-0.25, -0.2) is 0 Å². The Balaban J connectivity index is 1.94. The molecule has 1 aliphatic rings. The number of amides is 1. The van der Waals surface area contributed by atoms with Gasteiger partial charge in [0.25, 0.3) is 0 Å². The Kier molecular flexibility index (Phi) is 5.20. The van der Waals surface area contributed by atoms with Crippen molar-refractivity contribution in [1.82, 2.24) is 9.80 Å². The number of benzene rings is 1. The van der Waals surface area contributed by atoms with E-state index in [0.29, 0.717) is 17.4 Å². The van der Waals surface area contributed by atoms with E-state index in [-0.39, 0.29) is 11.9 Å². The summed E-state index contributed by atoms with van der Waals surface area (Å²) >= 11 is 0. The first-order chi connectivity index (χ1) is 9.99. The van der Waals surface area contributed by atoms with Gasteiger partial charge in [0.15, 0.2) is 0 Å². The summed E-state index contributed by atoms with van der Waals surface area (Å²) in [6.45, 7) is 4.14. The van der Waals surface area contributed by atoms with E-state index in [1.165, 1.54) is 0 Å². The lowest BCUT2D eigenvalue weighted by Gasteiger charge is -2.37. The second kappa shape index (κ2) is 6.91. The molecule has 1 saturated heterocycles. The van der Waals surface area contributed by atoms with E-state index in [2.05, 4.69) is 22.2 Å². The van der Waals surface area contributed by atoms with Gasteiger partial charge < -0.3 is 16.0 Å². The van der Waals surface area contributed by atoms with Gasteiger partial charge in [-0.1, -0.05) is 12.1 Å². The summed E-state index contributed by atoms with van der Waals surface area (Å²) in [5.74, 6) is -0.00525. The van der Waals surface area contributed by atoms with Gasteiger partial charge in [-0.15, -0.1) is 0 Å². The molecule has 116 valence electrons. The average molecular weight is 290 g/mol. The van der Waals surface area contributed by atoms with Crippen LogP contribution in [-0.4, -0.2) is 55.0 Å². The number of rotatable bonds is 4. The van der Waals surface area contributed by atoms with Crippen LogP contribution in [0.4, 0.5) is 11.4 Å². The number of hydrogen-bond acceptors (Lipinski definition) is 4. The van der Waals surface area contributed by atoms with Crippen LogP contribution in [0.25, 0.3) is 0 Å². The number of likely N-dealkylation sites (N-methyl/N-ethyl adjacent to an activating group) is 1. The molecule has 1 amide bonds. The normalized spacial score (nSPS) is 18.7. The Morgan fingerprint density at radius 1 is 1.38 bits per heavy atom. The van der Waals surface area contributed by atoms with E-state index in [1.807, 2.05) is 32.2 Å². The Morgan fingerprint density at radius 2 is 2.00 bits per heavy atom. The third-order valence-corrected chi connectivity index (χ3v) is 4.47. The predicted octanol–water partition coefficient (Wildman–Crippen LogP) is 1.62. The zero-order valence-electron chi connectivity index (χ0n) is 13.2. The summed E-state index contributed by atoms with van der Waals surface area (Å²) < 4.78 is 0. The van der Waals surface area contributed by atoms with Crippen LogP contribution in [0, 0.1) is 0 Å². The summed E-state index contributed by atoms with van der Waals surface area (Å²) in [4.78, 5) is 16.9. The second-order valence-corrected chi connectivity index (χ2v) is 5.95. The standard InChI is InChI=1S/C16H26N4O/c1-12(20(3)13-8-10-19(2)11-9-13)16(21)18-15-7-5-4-6-14(15)17/h4-7,12-13H,8-11,17H2,1-3H3,(H,18,21). The molecule has 0 aromatic heterocycles. The SMILES string of the molecule is CC(C(=O)Nc1ccccc1N)N(C)C1CCN(C)CC1. The molecule has 5 nitrogen and oxygen atoms in total. The zero-order chi connectivity index (χ0) is 15.4. The fourth-order valence-corrected chi connectivity index (χ4v) is 2.75. The monoisotopic (exact) mass is 290 g/mol. The van der Waals surface area contributed by atoms with Crippen LogP contribution in [0.2, 0.25) is 0 Å². The Morgan fingerprint density at radius 3 is 2.62 bits per heavy atom. The molecule has 0 aliphatic carbocycles. The molecule has 3 N–H and O–H groups in total. The number of piperidine rings is 1. The lowest BCUT2D eigenvalue weighted by atomic mass is 10.0. The number of nitrogen functional groups attached to an aromatic ring is 1. The molecule has 0 radical (unpaired) electrons. The first kappa shape index (κ1) is 15.8. The highest BCUT2D eigenvalue weighted by Crippen LogP contribution is 2.20. The molecule has 1 unspecified atom stereocenters. The van der Waals surface area contributed by atoms with Gasteiger partial charge in [0.2, 0.25) is 5.91 Å². The number of likely N-dealkylation sites (tertiary alicyclic amines) is 1. The van der Waals surface area contributed by atoms with Crippen molar-refractivity contribution in [3.63, 3.8) is 0 Å². The molecule has 0 bridgehead atoms. The topological polar surface area (TPSA) is 61.6 Å². The molecule has 1 heterocycles. The number of nitrogens with zero attached hydrogens (tertiary/aromatic N) is 2. The molecular formula is C16H26N4O. The van der Waals surface area contributed by atoms with E-state index >= 15 is 0 Å². The van der Waals surface area contributed by atoms with Crippen molar-refractivity contribution in [3.8, 4) is 0 Å². The average Bonchev–Trinajstić information content (AvgIpc) is 2.49. The Bertz CT molecular complexity index is 483. The molecule has 0 spiro atoms. The van der Waals surface area contributed by atoms with Gasteiger partial charge in [0.05, 0.1) is 17.4 Å². The second-order valence-electron chi connectivity index (χ2n) is 5.95. The highest BCUT2D eigenvalue weighted by atomic mass is 16.2. The lowest BCUT2D eigenvalue weighted by molar-refractivity contribution is -0.121. The number of hydrogen-bond donors (Lipinski definition) is 2.